The number of rotatable bonds is 7. The van der Waals surface area contributed by atoms with Crippen LogP contribution in [0.15, 0.2) is 30.3 Å². The highest BCUT2D eigenvalue weighted by Crippen LogP contribution is 2.26. The maximum Gasteiger partial charge on any atom is 0.338 e. The van der Waals surface area contributed by atoms with Crippen molar-refractivity contribution >= 4 is 17.7 Å². The monoisotopic (exact) mass is 382 g/mol. The number of hydrogen-bond acceptors (Lipinski definition) is 9. The Morgan fingerprint density at radius 2 is 1.70 bits per heavy atom. The zero-order valence-corrected chi connectivity index (χ0v) is 14.7. The minimum absolute atomic E-state index is 0.0569. The van der Waals surface area contributed by atoms with Gasteiger partial charge in [-0.25, -0.2) is 4.79 Å². The van der Waals surface area contributed by atoms with Crippen LogP contribution in [0.25, 0.3) is 0 Å². The lowest BCUT2D eigenvalue weighted by molar-refractivity contribution is -0.289. The topological polar surface area (TPSA) is 140 Å². The molecule has 1 aliphatic heterocycles. The van der Waals surface area contributed by atoms with E-state index in [9.17, 15) is 29.7 Å². The van der Waals surface area contributed by atoms with Gasteiger partial charge in [-0.15, -0.1) is 0 Å². The number of aliphatic hydroxyl groups is 3. The Bertz CT molecular complexity index is 660. The summed E-state index contributed by atoms with van der Waals surface area (Å²) in [5.41, 5.74) is 0.185. The van der Waals surface area contributed by atoms with Gasteiger partial charge in [0.05, 0.1) is 18.6 Å². The van der Waals surface area contributed by atoms with E-state index in [2.05, 4.69) is 0 Å². The molecule has 0 radical (unpaired) electrons. The maximum absolute atomic E-state index is 12.3. The minimum Gasteiger partial charge on any atom is -0.455 e. The van der Waals surface area contributed by atoms with Gasteiger partial charge in [-0.1, -0.05) is 18.2 Å². The number of Topliss-reactive ketones (excluding diaryl/α,β-unsaturated/α-hetero) is 1. The normalized spacial score (nSPS) is 27.6. The van der Waals surface area contributed by atoms with Crippen molar-refractivity contribution in [3.8, 4) is 0 Å². The summed E-state index contributed by atoms with van der Waals surface area (Å²) in [4.78, 5) is 35.2. The summed E-state index contributed by atoms with van der Waals surface area (Å²) in [6.07, 6.45) is -7.80. The Balaban J connectivity index is 2.15. The molecule has 1 aromatic rings. The van der Waals surface area contributed by atoms with E-state index < -0.39 is 49.3 Å². The van der Waals surface area contributed by atoms with Gasteiger partial charge in [-0.05, 0) is 19.1 Å². The summed E-state index contributed by atoms with van der Waals surface area (Å²) in [6.45, 7) is 0.658. The average Bonchev–Trinajstić information content (AvgIpc) is 2.66. The second kappa shape index (κ2) is 9.56. The third-order valence-electron chi connectivity index (χ3n) is 4.02. The van der Waals surface area contributed by atoms with Gasteiger partial charge in [0.1, 0.15) is 18.0 Å². The first-order chi connectivity index (χ1) is 12.8. The van der Waals surface area contributed by atoms with E-state index in [1.165, 1.54) is 19.1 Å². The Hall–Kier alpha value is -2.33. The largest absolute Gasteiger partial charge is 0.455 e. The Labute approximate surface area is 155 Å². The minimum atomic E-state index is -1.73. The molecule has 0 amide bonds. The zero-order valence-electron chi connectivity index (χ0n) is 14.7. The molecule has 0 spiro atoms. The van der Waals surface area contributed by atoms with Crippen molar-refractivity contribution in [2.45, 2.75) is 50.5 Å². The molecule has 1 fully saturated rings. The van der Waals surface area contributed by atoms with Crippen LogP contribution in [0.3, 0.4) is 0 Å². The van der Waals surface area contributed by atoms with Crippen molar-refractivity contribution in [1.29, 1.82) is 0 Å². The summed E-state index contributed by atoms with van der Waals surface area (Å²) in [5, 5.41) is 29.7. The highest BCUT2D eigenvalue weighted by atomic mass is 16.7. The van der Waals surface area contributed by atoms with Crippen LogP contribution < -0.4 is 0 Å². The van der Waals surface area contributed by atoms with E-state index in [0.29, 0.717) is 0 Å². The number of ketones is 1. The smallest absolute Gasteiger partial charge is 0.338 e. The first-order valence-electron chi connectivity index (χ1n) is 8.41. The number of ether oxygens (including phenoxy) is 3. The van der Waals surface area contributed by atoms with E-state index in [1.54, 1.807) is 18.2 Å². The lowest BCUT2D eigenvalue weighted by Crippen LogP contribution is -2.61. The highest BCUT2D eigenvalue weighted by molar-refractivity contribution is 5.89. The molecule has 1 saturated heterocycles. The van der Waals surface area contributed by atoms with Crippen molar-refractivity contribution in [3.63, 3.8) is 0 Å². The Morgan fingerprint density at radius 1 is 1.04 bits per heavy atom. The molecule has 9 heteroatoms. The fourth-order valence-electron chi connectivity index (χ4n) is 2.57. The van der Waals surface area contributed by atoms with Crippen LogP contribution in [0, 0.1) is 0 Å². The van der Waals surface area contributed by atoms with E-state index in [0.717, 1.165) is 0 Å². The fourth-order valence-corrected chi connectivity index (χ4v) is 2.57. The molecule has 3 N–H and O–H groups in total. The van der Waals surface area contributed by atoms with Crippen molar-refractivity contribution < 1.29 is 43.9 Å². The molecule has 1 aromatic carbocycles. The number of carbonyl (C=O) groups excluding carboxylic acids is 3. The number of benzene rings is 1. The van der Waals surface area contributed by atoms with Crippen LogP contribution in [0.4, 0.5) is 0 Å². The quantitative estimate of drug-likeness (QED) is 0.536. The fraction of sp³-hybridized carbons (Fsp3) is 0.500. The summed E-state index contributed by atoms with van der Waals surface area (Å²) in [6, 6.07) is 7.89. The standard InChI is InChI=1S/C18H22O9/c1-10(20)7-8-13(21)26-15-14(22)12(9-19)25-18(24)16(15)27-17(23)11-5-3-2-4-6-11/h2-6,12,14-16,18-19,22,24H,7-9H2,1H3/t12-,14-,15-,16-,18+/m1/s1. The molecule has 0 aliphatic carbocycles. The van der Waals surface area contributed by atoms with Gasteiger partial charge in [0.15, 0.2) is 18.5 Å². The van der Waals surface area contributed by atoms with Crippen LogP contribution in [0.1, 0.15) is 30.1 Å². The first kappa shape index (κ1) is 21.0. The summed E-state index contributed by atoms with van der Waals surface area (Å²) < 4.78 is 15.4. The van der Waals surface area contributed by atoms with Crippen molar-refractivity contribution in [3.05, 3.63) is 35.9 Å². The van der Waals surface area contributed by atoms with Gasteiger partial charge in [0.2, 0.25) is 0 Å². The SMILES string of the molecule is CC(=O)CCC(=O)O[C@@H]1[C@H](O)[C@@H](CO)O[C@H](O)[C@@H]1OC(=O)c1ccccc1. The molecule has 1 heterocycles. The molecule has 5 atom stereocenters. The summed E-state index contributed by atoms with van der Waals surface area (Å²) in [5.74, 6) is -1.86. The Kier molecular flexibility index (Phi) is 7.43. The maximum atomic E-state index is 12.3. The van der Waals surface area contributed by atoms with E-state index in [-0.39, 0.29) is 24.2 Å². The van der Waals surface area contributed by atoms with Crippen LogP contribution in [0.5, 0.6) is 0 Å². The van der Waals surface area contributed by atoms with E-state index in [1.807, 2.05) is 0 Å². The molecule has 1 aliphatic rings. The molecule has 9 nitrogen and oxygen atoms in total. The van der Waals surface area contributed by atoms with Crippen LogP contribution in [-0.2, 0) is 23.8 Å². The third kappa shape index (κ3) is 5.57. The Morgan fingerprint density at radius 3 is 2.30 bits per heavy atom. The molecule has 148 valence electrons. The molecule has 2 rings (SSSR count). The van der Waals surface area contributed by atoms with Crippen molar-refractivity contribution in [1.82, 2.24) is 0 Å². The number of esters is 2. The molecule has 0 unspecified atom stereocenters. The third-order valence-corrected chi connectivity index (χ3v) is 4.02. The van der Waals surface area contributed by atoms with Crippen molar-refractivity contribution in [2.24, 2.45) is 0 Å². The van der Waals surface area contributed by atoms with Gasteiger partial charge in [-0.3, -0.25) is 4.79 Å². The van der Waals surface area contributed by atoms with Gasteiger partial charge < -0.3 is 34.3 Å². The molecular formula is C18H22O9. The number of hydrogen-bond donors (Lipinski definition) is 3. The number of aliphatic hydroxyl groups excluding tert-OH is 3. The summed E-state index contributed by atoms with van der Waals surface area (Å²) >= 11 is 0. The van der Waals surface area contributed by atoms with Crippen molar-refractivity contribution in [2.75, 3.05) is 6.61 Å². The van der Waals surface area contributed by atoms with E-state index >= 15 is 0 Å². The lowest BCUT2D eigenvalue weighted by atomic mass is 9.98. The zero-order chi connectivity index (χ0) is 20.0. The van der Waals surface area contributed by atoms with Crippen LogP contribution in [-0.4, -0.2) is 70.4 Å². The molecule has 0 aromatic heterocycles. The molecule has 0 bridgehead atoms. The molecule has 27 heavy (non-hydrogen) atoms. The van der Waals surface area contributed by atoms with Gasteiger partial charge in [0.25, 0.3) is 0 Å². The highest BCUT2D eigenvalue weighted by Gasteiger charge is 2.49. The lowest BCUT2D eigenvalue weighted by Gasteiger charge is -2.41. The first-order valence-corrected chi connectivity index (χ1v) is 8.41. The van der Waals surface area contributed by atoms with Gasteiger partial charge >= 0.3 is 11.9 Å². The van der Waals surface area contributed by atoms with E-state index in [4.69, 9.17) is 14.2 Å². The predicted octanol–water partition coefficient (Wildman–Crippen LogP) is -0.437. The number of carbonyl (C=O) groups is 3. The van der Waals surface area contributed by atoms with Gasteiger partial charge in [0, 0.05) is 6.42 Å². The predicted molar refractivity (Wildman–Crippen MR) is 89.4 cm³/mol. The van der Waals surface area contributed by atoms with Gasteiger partial charge in [-0.2, -0.15) is 0 Å². The summed E-state index contributed by atoms with van der Waals surface area (Å²) in [7, 11) is 0. The van der Waals surface area contributed by atoms with Crippen LogP contribution >= 0.6 is 0 Å². The molecular weight excluding hydrogens is 360 g/mol. The molecule has 0 saturated carbocycles. The second-order valence-electron chi connectivity index (χ2n) is 6.13. The second-order valence-corrected chi connectivity index (χ2v) is 6.13. The average molecular weight is 382 g/mol. The van der Waals surface area contributed by atoms with Crippen LogP contribution in [0.2, 0.25) is 0 Å².